The minimum atomic E-state index is -0.361. The zero-order chi connectivity index (χ0) is 17.9. The summed E-state index contributed by atoms with van der Waals surface area (Å²) in [7, 11) is 0. The van der Waals surface area contributed by atoms with Crippen molar-refractivity contribution in [3.63, 3.8) is 0 Å². The van der Waals surface area contributed by atoms with Crippen LogP contribution >= 0.6 is 0 Å². The molecule has 0 saturated carbocycles. The number of nitrogens with one attached hydrogen (secondary N) is 1. The largest absolute Gasteiger partial charge is 0.439 e. The Morgan fingerprint density at radius 2 is 2.00 bits per heavy atom. The summed E-state index contributed by atoms with van der Waals surface area (Å²) in [6.07, 6.45) is 6.15. The number of aromatic nitrogens is 1. The molecule has 0 saturated heterocycles. The molecule has 2 aromatic rings. The fraction of sp³-hybridized carbons (Fsp3) is 0.368. The first-order valence-electron chi connectivity index (χ1n) is 8.52. The van der Waals surface area contributed by atoms with E-state index in [1.54, 1.807) is 24.4 Å². The molecule has 1 amide bonds. The molecule has 0 bridgehead atoms. The minimum Gasteiger partial charge on any atom is -0.439 e. The first kappa shape index (κ1) is 18.9. The Hall–Kier alpha value is -2.47. The van der Waals surface area contributed by atoms with E-state index in [1.165, 1.54) is 12.1 Å². The summed E-state index contributed by atoms with van der Waals surface area (Å²) in [6.45, 7) is 1.13. The second-order valence-corrected chi connectivity index (χ2v) is 5.79. The van der Waals surface area contributed by atoms with Crippen molar-refractivity contribution in [3.8, 4) is 11.6 Å². The van der Waals surface area contributed by atoms with Crippen molar-refractivity contribution in [1.82, 2.24) is 10.3 Å². The topological polar surface area (TPSA) is 77.2 Å². The van der Waals surface area contributed by atoms with Crippen molar-refractivity contribution >= 4 is 5.91 Å². The van der Waals surface area contributed by atoms with Crippen molar-refractivity contribution in [2.75, 3.05) is 6.54 Å². The molecule has 0 aliphatic carbocycles. The highest BCUT2D eigenvalue weighted by atomic mass is 19.1. The van der Waals surface area contributed by atoms with Gasteiger partial charge in [0.25, 0.3) is 0 Å². The molecule has 1 aromatic heterocycles. The first-order valence-corrected chi connectivity index (χ1v) is 8.52. The summed E-state index contributed by atoms with van der Waals surface area (Å²) in [5, 5.41) is 2.87. The average molecular weight is 345 g/mol. The van der Waals surface area contributed by atoms with Crippen LogP contribution in [0.4, 0.5) is 4.39 Å². The lowest BCUT2D eigenvalue weighted by Gasteiger charge is -2.07. The maximum Gasteiger partial charge on any atom is 0.220 e. The van der Waals surface area contributed by atoms with Crippen LogP contribution < -0.4 is 15.8 Å². The number of carbonyl (C=O) groups is 1. The molecular formula is C19H24FN3O2. The lowest BCUT2D eigenvalue weighted by molar-refractivity contribution is -0.121. The molecule has 0 radical (unpaired) electrons. The Kier molecular flexibility index (Phi) is 7.85. The number of benzene rings is 1. The van der Waals surface area contributed by atoms with Gasteiger partial charge in [-0.1, -0.05) is 25.0 Å². The van der Waals surface area contributed by atoms with Gasteiger partial charge in [-0.3, -0.25) is 4.79 Å². The fourth-order valence-electron chi connectivity index (χ4n) is 2.30. The van der Waals surface area contributed by atoms with Crippen LogP contribution in [0.25, 0.3) is 0 Å². The third-order valence-corrected chi connectivity index (χ3v) is 3.66. The van der Waals surface area contributed by atoms with E-state index in [1.807, 2.05) is 6.07 Å². The molecule has 0 fully saturated rings. The lowest BCUT2D eigenvalue weighted by Crippen LogP contribution is -2.22. The molecule has 3 N–H and O–H groups in total. The van der Waals surface area contributed by atoms with Gasteiger partial charge in [0.2, 0.25) is 11.8 Å². The SMILES string of the molecule is NCCCCCCC(=O)NCc1ccc(Oc2cccc(F)c2)nc1. The van der Waals surface area contributed by atoms with Gasteiger partial charge in [0.05, 0.1) is 0 Å². The van der Waals surface area contributed by atoms with Gasteiger partial charge in [-0.05, 0) is 37.1 Å². The predicted octanol–water partition coefficient (Wildman–Crippen LogP) is 3.54. The number of hydrogen-bond donors (Lipinski definition) is 2. The number of ether oxygens (including phenoxy) is 1. The molecular weight excluding hydrogens is 321 g/mol. The van der Waals surface area contributed by atoms with E-state index in [9.17, 15) is 9.18 Å². The van der Waals surface area contributed by atoms with E-state index < -0.39 is 0 Å². The van der Waals surface area contributed by atoms with Gasteiger partial charge in [0.15, 0.2) is 0 Å². The number of amides is 1. The molecule has 25 heavy (non-hydrogen) atoms. The number of nitrogens with two attached hydrogens (primary N) is 1. The number of halogens is 1. The highest BCUT2D eigenvalue weighted by Crippen LogP contribution is 2.19. The molecule has 0 aliphatic heterocycles. The molecule has 0 unspecified atom stereocenters. The number of carbonyl (C=O) groups excluding carboxylic acids is 1. The highest BCUT2D eigenvalue weighted by Gasteiger charge is 2.03. The van der Waals surface area contributed by atoms with Crippen molar-refractivity contribution < 1.29 is 13.9 Å². The van der Waals surface area contributed by atoms with Crippen molar-refractivity contribution in [1.29, 1.82) is 0 Å². The van der Waals surface area contributed by atoms with Gasteiger partial charge in [-0.15, -0.1) is 0 Å². The Morgan fingerprint density at radius 3 is 2.72 bits per heavy atom. The zero-order valence-electron chi connectivity index (χ0n) is 14.2. The third kappa shape index (κ3) is 7.30. The Labute approximate surface area is 147 Å². The van der Waals surface area contributed by atoms with Crippen LogP contribution in [-0.4, -0.2) is 17.4 Å². The molecule has 0 spiro atoms. The third-order valence-electron chi connectivity index (χ3n) is 3.66. The monoisotopic (exact) mass is 345 g/mol. The molecule has 0 aliphatic rings. The molecule has 5 nitrogen and oxygen atoms in total. The summed E-state index contributed by atoms with van der Waals surface area (Å²) in [6, 6.07) is 9.40. The van der Waals surface area contributed by atoms with Crippen LogP contribution in [0.1, 0.15) is 37.7 Å². The van der Waals surface area contributed by atoms with Crippen molar-refractivity contribution in [2.24, 2.45) is 5.73 Å². The number of hydrogen-bond acceptors (Lipinski definition) is 4. The first-order chi connectivity index (χ1) is 12.2. The van der Waals surface area contributed by atoms with Gasteiger partial charge in [-0.25, -0.2) is 9.37 Å². The fourth-order valence-corrected chi connectivity index (χ4v) is 2.30. The summed E-state index contributed by atoms with van der Waals surface area (Å²) in [5.74, 6) is 0.441. The maximum absolute atomic E-state index is 13.1. The van der Waals surface area contributed by atoms with Crippen LogP contribution in [0.2, 0.25) is 0 Å². The maximum atomic E-state index is 13.1. The van der Waals surface area contributed by atoms with E-state index in [0.29, 0.717) is 31.1 Å². The Balaban J connectivity index is 1.72. The number of rotatable bonds is 10. The van der Waals surface area contributed by atoms with Crippen LogP contribution in [0.5, 0.6) is 11.6 Å². The minimum absolute atomic E-state index is 0.0350. The highest BCUT2D eigenvalue weighted by molar-refractivity contribution is 5.75. The van der Waals surface area contributed by atoms with E-state index >= 15 is 0 Å². The molecule has 6 heteroatoms. The van der Waals surface area contributed by atoms with Gasteiger partial charge in [0, 0.05) is 31.3 Å². The second kappa shape index (κ2) is 10.4. The van der Waals surface area contributed by atoms with E-state index in [0.717, 1.165) is 31.2 Å². The smallest absolute Gasteiger partial charge is 0.220 e. The van der Waals surface area contributed by atoms with E-state index in [2.05, 4.69) is 10.3 Å². The lowest BCUT2D eigenvalue weighted by atomic mass is 10.1. The second-order valence-electron chi connectivity index (χ2n) is 5.79. The van der Waals surface area contributed by atoms with Gasteiger partial charge in [-0.2, -0.15) is 0 Å². The quantitative estimate of drug-likeness (QED) is 0.646. The number of pyridine rings is 1. The van der Waals surface area contributed by atoms with Gasteiger partial charge >= 0.3 is 0 Å². The molecule has 1 heterocycles. The van der Waals surface area contributed by atoms with E-state index in [4.69, 9.17) is 10.5 Å². The average Bonchev–Trinajstić information content (AvgIpc) is 2.61. The Bertz CT molecular complexity index is 662. The van der Waals surface area contributed by atoms with Crippen molar-refractivity contribution in [2.45, 2.75) is 38.6 Å². The van der Waals surface area contributed by atoms with Crippen LogP contribution in [-0.2, 0) is 11.3 Å². The molecule has 134 valence electrons. The molecule has 1 aromatic carbocycles. The summed E-state index contributed by atoms with van der Waals surface area (Å²) in [4.78, 5) is 15.9. The van der Waals surface area contributed by atoms with Crippen LogP contribution in [0, 0.1) is 5.82 Å². The normalized spacial score (nSPS) is 10.5. The Morgan fingerprint density at radius 1 is 1.16 bits per heavy atom. The standard InChI is InChI=1S/C19H24FN3O2/c20-16-6-5-7-17(12-16)25-19-10-9-15(14-23-19)13-22-18(24)8-3-1-2-4-11-21/h5-7,9-10,12,14H,1-4,8,11,13,21H2,(H,22,24). The summed E-state index contributed by atoms with van der Waals surface area (Å²) >= 11 is 0. The predicted molar refractivity (Wildman–Crippen MR) is 94.7 cm³/mol. The number of unbranched alkanes of at least 4 members (excludes halogenated alkanes) is 3. The molecule has 0 atom stereocenters. The van der Waals surface area contributed by atoms with Crippen molar-refractivity contribution in [3.05, 3.63) is 54.0 Å². The van der Waals surface area contributed by atoms with E-state index in [-0.39, 0.29) is 11.7 Å². The number of nitrogens with zero attached hydrogens (tertiary/aromatic N) is 1. The zero-order valence-corrected chi connectivity index (χ0v) is 14.2. The van der Waals surface area contributed by atoms with Gasteiger partial charge < -0.3 is 15.8 Å². The van der Waals surface area contributed by atoms with Gasteiger partial charge in [0.1, 0.15) is 11.6 Å². The van der Waals surface area contributed by atoms with Crippen LogP contribution in [0.15, 0.2) is 42.6 Å². The summed E-state index contributed by atoms with van der Waals surface area (Å²) in [5.41, 5.74) is 6.31. The summed E-state index contributed by atoms with van der Waals surface area (Å²) < 4.78 is 18.6. The van der Waals surface area contributed by atoms with Crippen LogP contribution in [0.3, 0.4) is 0 Å². The molecule has 2 rings (SSSR count).